The van der Waals surface area contributed by atoms with Crippen LogP contribution in [-0.4, -0.2) is 23.9 Å². The highest BCUT2D eigenvalue weighted by atomic mass is 35.5. The quantitative estimate of drug-likeness (QED) is 0.861. The van der Waals surface area contributed by atoms with Crippen molar-refractivity contribution in [2.45, 2.75) is 26.3 Å². The maximum absolute atomic E-state index is 13.9. The first kappa shape index (κ1) is 17.9. The van der Waals surface area contributed by atoms with Gasteiger partial charge in [0.1, 0.15) is 5.82 Å². The van der Waals surface area contributed by atoms with Crippen molar-refractivity contribution in [3.8, 4) is 0 Å². The fourth-order valence-electron chi connectivity index (χ4n) is 3.24. The first-order chi connectivity index (χ1) is 12.0. The molecule has 1 N–H and O–H groups in total. The van der Waals surface area contributed by atoms with E-state index in [9.17, 15) is 9.18 Å². The van der Waals surface area contributed by atoms with Gasteiger partial charge in [0.05, 0.1) is 5.92 Å². The average molecular weight is 361 g/mol. The van der Waals surface area contributed by atoms with Gasteiger partial charge in [0.15, 0.2) is 0 Å². The number of halogens is 2. The molecule has 25 heavy (non-hydrogen) atoms. The highest BCUT2D eigenvalue weighted by molar-refractivity contribution is 6.31. The van der Waals surface area contributed by atoms with Crippen LogP contribution in [0.3, 0.4) is 0 Å². The third kappa shape index (κ3) is 4.59. The molecule has 0 bridgehead atoms. The Kier molecular flexibility index (Phi) is 5.71. The van der Waals surface area contributed by atoms with Crippen LogP contribution in [0.15, 0.2) is 42.5 Å². The van der Waals surface area contributed by atoms with Gasteiger partial charge in [-0.3, -0.25) is 9.69 Å². The van der Waals surface area contributed by atoms with Gasteiger partial charge in [-0.25, -0.2) is 4.39 Å². The lowest BCUT2D eigenvalue weighted by molar-refractivity contribution is -0.121. The summed E-state index contributed by atoms with van der Waals surface area (Å²) in [6.45, 7) is 4.00. The summed E-state index contributed by atoms with van der Waals surface area (Å²) in [5.74, 6) is -0.286. The fraction of sp³-hybridized carbons (Fsp3) is 0.350. The molecule has 1 aliphatic rings. The normalized spacial score (nSPS) is 18.1. The van der Waals surface area contributed by atoms with Crippen LogP contribution < -0.4 is 5.32 Å². The molecule has 0 aliphatic carbocycles. The number of rotatable bonds is 4. The summed E-state index contributed by atoms with van der Waals surface area (Å²) in [5.41, 5.74) is 2.41. The number of hydrogen-bond donors (Lipinski definition) is 1. The van der Waals surface area contributed by atoms with E-state index < -0.39 is 0 Å². The summed E-state index contributed by atoms with van der Waals surface area (Å²) in [7, 11) is 0. The minimum atomic E-state index is -0.191. The third-order valence-electron chi connectivity index (χ3n) is 4.69. The van der Waals surface area contributed by atoms with Crippen molar-refractivity contribution >= 4 is 23.2 Å². The predicted molar refractivity (Wildman–Crippen MR) is 99.2 cm³/mol. The van der Waals surface area contributed by atoms with Crippen molar-refractivity contribution in [3.05, 3.63) is 64.4 Å². The Labute approximate surface area is 152 Å². The van der Waals surface area contributed by atoms with Gasteiger partial charge in [-0.1, -0.05) is 35.9 Å². The molecular weight excluding hydrogens is 339 g/mol. The zero-order valence-electron chi connectivity index (χ0n) is 14.3. The Morgan fingerprint density at radius 1 is 1.32 bits per heavy atom. The lowest BCUT2D eigenvalue weighted by Crippen LogP contribution is -2.40. The van der Waals surface area contributed by atoms with Gasteiger partial charge >= 0.3 is 0 Å². The van der Waals surface area contributed by atoms with Gasteiger partial charge in [-0.05, 0) is 50.1 Å². The number of nitrogens with zero attached hydrogens (tertiary/aromatic N) is 1. The zero-order chi connectivity index (χ0) is 17.8. The standard InChI is InChI=1S/C20H22ClFN2O/c1-14-8-9-17(21)11-19(14)23-20(25)16-6-4-10-24(13-16)12-15-5-2-3-7-18(15)22/h2-3,5,7-9,11,16H,4,6,10,12-13H2,1H3,(H,23,25). The summed E-state index contributed by atoms with van der Waals surface area (Å²) in [4.78, 5) is 14.8. The Hall–Kier alpha value is -1.91. The number of amides is 1. The molecule has 2 aromatic rings. The summed E-state index contributed by atoms with van der Waals surface area (Å²) in [6, 6.07) is 12.3. The predicted octanol–water partition coefficient (Wildman–Crippen LogP) is 4.64. The smallest absolute Gasteiger partial charge is 0.228 e. The molecule has 1 unspecified atom stereocenters. The largest absolute Gasteiger partial charge is 0.326 e. The molecule has 1 fully saturated rings. The van der Waals surface area contributed by atoms with E-state index >= 15 is 0 Å². The number of carbonyl (C=O) groups is 1. The number of aryl methyl sites for hydroxylation is 1. The average Bonchev–Trinajstić information content (AvgIpc) is 2.60. The molecule has 3 nitrogen and oxygen atoms in total. The monoisotopic (exact) mass is 360 g/mol. The van der Waals surface area contributed by atoms with Crippen molar-refractivity contribution in [2.75, 3.05) is 18.4 Å². The Bertz CT molecular complexity index is 765. The van der Waals surface area contributed by atoms with E-state index in [-0.39, 0.29) is 17.6 Å². The van der Waals surface area contributed by atoms with E-state index in [1.165, 1.54) is 6.07 Å². The fourth-order valence-corrected chi connectivity index (χ4v) is 3.42. The van der Waals surface area contributed by atoms with E-state index in [2.05, 4.69) is 10.2 Å². The molecule has 1 amide bonds. The number of hydrogen-bond acceptors (Lipinski definition) is 2. The number of likely N-dealkylation sites (tertiary alicyclic amines) is 1. The van der Waals surface area contributed by atoms with Crippen LogP contribution in [0.4, 0.5) is 10.1 Å². The lowest BCUT2D eigenvalue weighted by atomic mass is 9.96. The summed E-state index contributed by atoms with van der Waals surface area (Å²) in [6.07, 6.45) is 1.78. The Morgan fingerprint density at radius 2 is 2.12 bits per heavy atom. The SMILES string of the molecule is Cc1ccc(Cl)cc1NC(=O)C1CCCN(Cc2ccccc2F)C1. The second kappa shape index (κ2) is 7.98. The lowest BCUT2D eigenvalue weighted by Gasteiger charge is -2.32. The van der Waals surface area contributed by atoms with E-state index in [0.717, 1.165) is 30.6 Å². The number of nitrogens with one attached hydrogen (secondary N) is 1. The molecule has 0 saturated carbocycles. The van der Waals surface area contributed by atoms with Gasteiger partial charge < -0.3 is 5.32 Å². The third-order valence-corrected chi connectivity index (χ3v) is 4.92. The van der Waals surface area contributed by atoms with Crippen LogP contribution in [0.2, 0.25) is 5.02 Å². The molecule has 1 heterocycles. The highest BCUT2D eigenvalue weighted by Crippen LogP contribution is 2.24. The topological polar surface area (TPSA) is 32.3 Å². The summed E-state index contributed by atoms with van der Waals surface area (Å²) < 4.78 is 13.9. The first-order valence-electron chi connectivity index (χ1n) is 8.55. The molecule has 0 spiro atoms. The van der Waals surface area contributed by atoms with Crippen LogP contribution in [0.5, 0.6) is 0 Å². The molecule has 1 atom stereocenters. The Balaban J connectivity index is 1.63. The van der Waals surface area contributed by atoms with Gasteiger partial charge in [0.25, 0.3) is 0 Å². The highest BCUT2D eigenvalue weighted by Gasteiger charge is 2.26. The molecule has 132 valence electrons. The van der Waals surface area contributed by atoms with Crippen molar-refractivity contribution in [1.82, 2.24) is 4.90 Å². The number of carbonyl (C=O) groups excluding carboxylic acids is 1. The van der Waals surface area contributed by atoms with Crippen LogP contribution in [-0.2, 0) is 11.3 Å². The molecular formula is C20H22ClFN2O. The van der Waals surface area contributed by atoms with Crippen LogP contribution in [0.25, 0.3) is 0 Å². The molecule has 3 rings (SSSR count). The van der Waals surface area contributed by atoms with Crippen LogP contribution in [0.1, 0.15) is 24.0 Å². The summed E-state index contributed by atoms with van der Waals surface area (Å²) >= 11 is 6.02. The molecule has 5 heteroatoms. The molecule has 1 saturated heterocycles. The van der Waals surface area contributed by atoms with Crippen LogP contribution >= 0.6 is 11.6 Å². The van der Waals surface area contributed by atoms with E-state index in [0.29, 0.717) is 23.7 Å². The van der Waals surface area contributed by atoms with Crippen molar-refractivity contribution in [1.29, 1.82) is 0 Å². The van der Waals surface area contributed by atoms with Crippen molar-refractivity contribution < 1.29 is 9.18 Å². The second-order valence-corrected chi connectivity index (χ2v) is 7.05. The van der Waals surface area contributed by atoms with E-state index in [1.54, 1.807) is 18.2 Å². The van der Waals surface area contributed by atoms with Gasteiger partial charge in [-0.2, -0.15) is 0 Å². The molecule has 1 aliphatic heterocycles. The number of piperidine rings is 1. The molecule has 2 aromatic carbocycles. The van der Waals surface area contributed by atoms with Gasteiger partial charge in [-0.15, -0.1) is 0 Å². The number of benzene rings is 2. The molecule has 0 aromatic heterocycles. The van der Waals surface area contributed by atoms with Gasteiger partial charge in [0, 0.05) is 29.4 Å². The van der Waals surface area contributed by atoms with Crippen LogP contribution in [0, 0.1) is 18.7 Å². The van der Waals surface area contributed by atoms with Crippen molar-refractivity contribution in [3.63, 3.8) is 0 Å². The minimum absolute atomic E-state index is 0.00333. The van der Waals surface area contributed by atoms with E-state index in [4.69, 9.17) is 11.6 Å². The zero-order valence-corrected chi connectivity index (χ0v) is 15.0. The van der Waals surface area contributed by atoms with Gasteiger partial charge in [0.2, 0.25) is 5.91 Å². The number of anilines is 1. The van der Waals surface area contributed by atoms with Crippen molar-refractivity contribution in [2.24, 2.45) is 5.92 Å². The second-order valence-electron chi connectivity index (χ2n) is 6.61. The maximum atomic E-state index is 13.9. The molecule has 0 radical (unpaired) electrons. The Morgan fingerprint density at radius 3 is 2.92 bits per heavy atom. The van der Waals surface area contributed by atoms with E-state index in [1.807, 2.05) is 25.1 Å². The first-order valence-corrected chi connectivity index (χ1v) is 8.93. The maximum Gasteiger partial charge on any atom is 0.228 e. The minimum Gasteiger partial charge on any atom is -0.326 e. The summed E-state index contributed by atoms with van der Waals surface area (Å²) in [5, 5.41) is 3.59.